The molecule has 0 unspecified atom stereocenters. The summed E-state index contributed by atoms with van der Waals surface area (Å²) in [5.41, 5.74) is 7.73. The number of benzene rings is 2. The van der Waals surface area contributed by atoms with Gasteiger partial charge in [0.25, 0.3) is 5.69 Å². The summed E-state index contributed by atoms with van der Waals surface area (Å²) in [5.74, 6) is 0.988. The second-order valence-corrected chi connectivity index (χ2v) is 4.44. The van der Waals surface area contributed by atoms with Crippen LogP contribution in [0.25, 0.3) is 22.8 Å². The number of H-pyrrole nitrogens is 1. The molecule has 0 bridgehead atoms. The van der Waals surface area contributed by atoms with Crippen LogP contribution in [0.2, 0.25) is 0 Å². The highest BCUT2D eigenvalue weighted by molar-refractivity contribution is 5.64. The average molecular weight is 281 g/mol. The highest BCUT2D eigenvalue weighted by Crippen LogP contribution is 2.23. The number of anilines is 1. The van der Waals surface area contributed by atoms with E-state index in [1.807, 2.05) is 12.1 Å². The van der Waals surface area contributed by atoms with Gasteiger partial charge in [0.1, 0.15) is 0 Å². The lowest BCUT2D eigenvalue weighted by Crippen LogP contribution is -1.89. The molecular weight excluding hydrogens is 270 g/mol. The molecule has 3 N–H and O–H groups in total. The van der Waals surface area contributed by atoms with Gasteiger partial charge in [-0.05, 0) is 24.3 Å². The number of rotatable bonds is 3. The number of nitrogens with two attached hydrogens (primary N) is 1. The van der Waals surface area contributed by atoms with E-state index in [9.17, 15) is 10.1 Å². The Morgan fingerprint density at radius 3 is 2.57 bits per heavy atom. The zero-order chi connectivity index (χ0) is 14.8. The normalized spacial score (nSPS) is 10.5. The first-order valence-corrected chi connectivity index (χ1v) is 6.16. The summed E-state index contributed by atoms with van der Waals surface area (Å²) >= 11 is 0. The number of nitro groups is 1. The monoisotopic (exact) mass is 281 g/mol. The van der Waals surface area contributed by atoms with Crippen molar-refractivity contribution < 1.29 is 4.92 Å². The van der Waals surface area contributed by atoms with Crippen LogP contribution in [-0.2, 0) is 0 Å². The first-order valence-electron chi connectivity index (χ1n) is 6.16. The van der Waals surface area contributed by atoms with E-state index in [2.05, 4.69) is 15.2 Å². The highest BCUT2D eigenvalue weighted by atomic mass is 16.6. The Morgan fingerprint density at radius 1 is 1.10 bits per heavy atom. The van der Waals surface area contributed by atoms with Gasteiger partial charge in [0.05, 0.1) is 4.92 Å². The summed E-state index contributed by atoms with van der Waals surface area (Å²) in [6, 6.07) is 13.4. The fourth-order valence-corrected chi connectivity index (χ4v) is 1.92. The van der Waals surface area contributed by atoms with Crippen LogP contribution < -0.4 is 5.73 Å². The minimum atomic E-state index is -0.447. The van der Waals surface area contributed by atoms with E-state index in [4.69, 9.17) is 5.73 Å². The molecular formula is C14H11N5O2. The van der Waals surface area contributed by atoms with Gasteiger partial charge in [-0.1, -0.05) is 12.1 Å². The zero-order valence-electron chi connectivity index (χ0n) is 10.9. The fraction of sp³-hybridized carbons (Fsp3) is 0. The topological polar surface area (TPSA) is 111 Å². The van der Waals surface area contributed by atoms with E-state index in [0.29, 0.717) is 22.9 Å². The third kappa shape index (κ3) is 2.57. The second kappa shape index (κ2) is 5.04. The quantitative estimate of drug-likeness (QED) is 0.435. The van der Waals surface area contributed by atoms with Crippen molar-refractivity contribution in [2.45, 2.75) is 0 Å². The number of aromatic nitrogens is 3. The lowest BCUT2D eigenvalue weighted by Gasteiger charge is -1.97. The molecule has 0 aliphatic carbocycles. The Kier molecular flexibility index (Phi) is 3.07. The van der Waals surface area contributed by atoms with Gasteiger partial charge in [-0.25, -0.2) is 4.98 Å². The molecule has 0 atom stereocenters. The number of aromatic amines is 1. The van der Waals surface area contributed by atoms with E-state index < -0.39 is 4.92 Å². The Morgan fingerprint density at radius 2 is 1.86 bits per heavy atom. The maximum absolute atomic E-state index is 10.8. The molecule has 0 aliphatic heterocycles. The predicted molar refractivity (Wildman–Crippen MR) is 78.3 cm³/mol. The van der Waals surface area contributed by atoms with Crippen molar-refractivity contribution in [1.29, 1.82) is 0 Å². The van der Waals surface area contributed by atoms with E-state index in [1.165, 1.54) is 12.1 Å². The lowest BCUT2D eigenvalue weighted by molar-refractivity contribution is -0.384. The maximum atomic E-state index is 10.8. The van der Waals surface area contributed by atoms with Gasteiger partial charge in [-0.2, -0.15) is 5.10 Å². The van der Waals surface area contributed by atoms with Gasteiger partial charge < -0.3 is 5.73 Å². The Hall–Kier alpha value is -3.22. The van der Waals surface area contributed by atoms with Crippen molar-refractivity contribution in [2.75, 3.05) is 5.73 Å². The molecule has 7 nitrogen and oxygen atoms in total. The number of non-ortho nitro benzene ring substituents is 1. The van der Waals surface area contributed by atoms with Crippen LogP contribution in [0.5, 0.6) is 0 Å². The standard InChI is InChI=1S/C14H11N5O2/c15-11-6-4-9(5-7-11)13-16-14(18-17-13)10-2-1-3-12(8-10)19(20)21/h1-8H,15H2,(H,16,17,18). The largest absolute Gasteiger partial charge is 0.399 e. The van der Waals surface area contributed by atoms with Crippen molar-refractivity contribution in [3.8, 4) is 22.8 Å². The highest BCUT2D eigenvalue weighted by Gasteiger charge is 2.11. The van der Waals surface area contributed by atoms with E-state index >= 15 is 0 Å². The average Bonchev–Trinajstić information content (AvgIpc) is 2.98. The molecule has 0 fully saturated rings. The molecule has 1 aromatic heterocycles. The van der Waals surface area contributed by atoms with Crippen molar-refractivity contribution in [3.63, 3.8) is 0 Å². The molecule has 2 aromatic carbocycles. The lowest BCUT2D eigenvalue weighted by atomic mass is 10.2. The first kappa shape index (κ1) is 12.8. The molecule has 1 heterocycles. The molecule has 21 heavy (non-hydrogen) atoms. The van der Waals surface area contributed by atoms with Gasteiger partial charge in [0.2, 0.25) is 0 Å². The van der Waals surface area contributed by atoms with E-state index in [-0.39, 0.29) is 5.69 Å². The Bertz CT molecular complexity index is 795. The number of hydrogen-bond acceptors (Lipinski definition) is 5. The number of hydrogen-bond donors (Lipinski definition) is 2. The SMILES string of the molecule is Nc1ccc(-c2nc(-c3cccc([N+](=O)[O-])c3)n[nH]2)cc1. The zero-order valence-corrected chi connectivity index (χ0v) is 10.9. The van der Waals surface area contributed by atoms with Crippen molar-refractivity contribution >= 4 is 11.4 Å². The number of nitrogen functional groups attached to an aromatic ring is 1. The van der Waals surface area contributed by atoms with Crippen molar-refractivity contribution in [3.05, 3.63) is 58.6 Å². The molecule has 0 aliphatic rings. The van der Waals surface area contributed by atoms with Gasteiger partial charge >= 0.3 is 0 Å². The van der Waals surface area contributed by atoms with Crippen LogP contribution in [0.3, 0.4) is 0 Å². The smallest absolute Gasteiger partial charge is 0.270 e. The Labute approximate surface area is 119 Å². The van der Waals surface area contributed by atoms with Gasteiger partial charge in [-0.3, -0.25) is 15.2 Å². The van der Waals surface area contributed by atoms with Gasteiger partial charge in [0, 0.05) is 28.9 Å². The van der Waals surface area contributed by atoms with Crippen LogP contribution in [0.15, 0.2) is 48.5 Å². The van der Waals surface area contributed by atoms with Crippen LogP contribution >= 0.6 is 0 Å². The number of nitrogens with one attached hydrogen (secondary N) is 1. The summed E-state index contributed by atoms with van der Waals surface area (Å²) in [4.78, 5) is 14.7. The third-order valence-electron chi connectivity index (χ3n) is 2.98. The van der Waals surface area contributed by atoms with E-state index in [1.54, 1.807) is 24.3 Å². The predicted octanol–water partition coefficient (Wildman–Crippen LogP) is 2.63. The van der Waals surface area contributed by atoms with Crippen molar-refractivity contribution in [2.24, 2.45) is 0 Å². The van der Waals surface area contributed by atoms with Crippen LogP contribution in [0.1, 0.15) is 0 Å². The fourth-order valence-electron chi connectivity index (χ4n) is 1.92. The second-order valence-electron chi connectivity index (χ2n) is 4.44. The summed E-state index contributed by atoms with van der Waals surface area (Å²) in [6.07, 6.45) is 0. The van der Waals surface area contributed by atoms with Crippen LogP contribution in [0.4, 0.5) is 11.4 Å². The molecule has 3 aromatic rings. The summed E-state index contributed by atoms with van der Waals surface area (Å²) in [6.45, 7) is 0. The van der Waals surface area contributed by atoms with Gasteiger partial charge in [-0.15, -0.1) is 0 Å². The van der Waals surface area contributed by atoms with Gasteiger partial charge in [0.15, 0.2) is 11.6 Å². The molecule has 104 valence electrons. The number of nitrogens with zero attached hydrogens (tertiary/aromatic N) is 3. The number of nitro benzene ring substituents is 1. The minimum Gasteiger partial charge on any atom is -0.399 e. The molecule has 0 spiro atoms. The summed E-state index contributed by atoms with van der Waals surface area (Å²) in [7, 11) is 0. The summed E-state index contributed by atoms with van der Waals surface area (Å²) < 4.78 is 0. The molecule has 3 rings (SSSR count). The minimum absolute atomic E-state index is 0.00587. The first-order chi connectivity index (χ1) is 10.1. The Balaban J connectivity index is 1.96. The van der Waals surface area contributed by atoms with Crippen molar-refractivity contribution in [1.82, 2.24) is 15.2 Å². The summed E-state index contributed by atoms with van der Waals surface area (Å²) in [5, 5.41) is 17.7. The van der Waals surface area contributed by atoms with E-state index in [0.717, 1.165) is 5.56 Å². The molecule has 0 saturated heterocycles. The van der Waals surface area contributed by atoms with Crippen LogP contribution in [-0.4, -0.2) is 20.1 Å². The van der Waals surface area contributed by atoms with Crippen LogP contribution in [0, 0.1) is 10.1 Å². The molecule has 0 saturated carbocycles. The third-order valence-corrected chi connectivity index (χ3v) is 2.98. The maximum Gasteiger partial charge on any atom is 0.270 e. The molecule has 7 heteroatoms. The molecule has 0 radical (unpaired) electrons. The molecule has 0 amide bonds.